The Hall–Kier alpha value is -3.02. The second kappa shape index (κ2) is 22.6. The number of nitrogens with zero attached hydrogens (tertiary/aromatic N) is 5. The average Bonchev–Trinajstić information content (AvgIpc) is 3.04. The van der Waals surface area contributed by atoms with Crippen LogP contribution in [0.2, 0.25) is 0 Å². The SMILES string of the molecule is C=C(N=CC)C1CCN(Cc2ccccc2)CC1.C=CN=C(C1CCN(Cc2ccccc2)CC1)N(C)C.CC.CC. The van der Waals surface area contributed by atoms with Crippen LogP contribution in [-0.2, 0) is 13.1 Å². The number of rotatable bonds is 8. The quantitative estimate of drug-likeness (QED) is 0.234. The highest BCUT2D eigenvalue weighted by Crippen LogP contribution is 2.25. The Morgan fingerprint density at radius 3 is 1.52 bits per heavy atom. The molecule has 0 radical (unpaired) electrons. The topological polar surface area (TPSA) is 34.4 Å². The summed E-state index contributed by atoms with van der Waals surface area (Å²) in [4.78, 5) is 15.9. The monoisotopic (exact) mass is 573 g/mol. The van der Waals surface area contributed by atoms with Gasteiger partial charge in [-0.05, 0) is 69.9 Å². The maximum atomic E-state index is 4.44. The fourth-order valence-corrected chi connectivity index (χ4v) is 5.41. The van der Waals surface area contributed by atoms with Crippen molar-refractivity contribution in [3.63, 3.8) is 0 Å². The molecule has 0 amide bonds. The van der Waals surface area contributed by atoms with Gasteiger partial charge in [0.1, 0.15) is 5.84 Å². The summed E-state index contributed by atoms with van der Waals surface area (Å²) in [6.45, 7) is 24.5. The summed E-state index contributed by atoms with van der Waals surface area (Å²) in [5.74, 6) is 2.31. The van der Waals surface area contributed by atoms with Crippen molar-refractivity contribution in [1.29, 1.82) is 0 Å². The zero-order valence-electron chi connectivity index (χ0n) is 27.8. The zero-order valence-corrected chi connectivity index (χ0v) is 27.8. The van der Waals surface area contributed by atoms with E-state index in [-0.39, 0.29) is 0 Å². The van der Waals surface area contributed by atoms with Crippen LogP contribution in [0.15, 0.2) is 95.7 Å². The first-order chi connectivity index (χ1) is 20.5. The number of aliphatic imine (C=N–C) groups is 2. The van der Waals surface area contributed by atoms with Crippen LogP contribution in [0.4, 0.5) is 0 Å². The van der Waals surface area contributed by atoms with Gasteiger partial charge in [0.15, 0.2) is 0 Å². The molecule has 0 atom stereocenters. The van der Waals surface area contributed by atoms with Crippen LogP contribution in [0.25, 0.3) is 0 Å². The van der Waals surface area contributed by atoms with Crippen molar-refractivity contribution in [2.24, 2.45) is 21.8 Å². The van der Waals surface area contributed by atoms with Crippen LogP contribution in [0.5, 0.6) is 0 Å². The second-order valence-electron chi connectivity index (χ2n) is 10.5. The Morgan fingerprint density at radius 2 is 1.17 bits per heavy atom. The van der Waals surface area contributed by atoms with Crippen molar-refractivity contribution in [1.82, 2.24) is 14.7 Å². The van der Waals surface area contributed by atoms with E-state index in [0.29, 0.717) is 11.8 Å². The standard InChI is InChI=1S/C17H25N3.C16H22N2.2C2H6/c1-4-18-17(19(2)3)16-10-12-20(13-11-16)14-15-8-6-5-7-9-15;1-3-17-14(2)16-9-11-18(12-10-16)13-15-7-5-4-6-8-15;2*1-2/h4-9,16H,1,10-14H2,2-3H3;3-8,16H,2,9-13H2,1H3;2*1-2H3. The summed E-state index contributed by atoms with van der Waals surface area (Å²) in [5, 5.41) is 0. The van der Waals surface area contributed by atoms with Gasteiger partial charge in [-0.15, -0.1) is 0 Å². The maximum Gasteiger partial charge on any atom is 0.107 e. The lowest BCUT2D eigenvalue weighted by molar-refractivity contribution is 0.191. The molecule has 5 heteroatoms. The number of piperidine rings is 2. The number of likely N-dealkylation sites (tertiary alicyclic amines) is 2. The van der Waals surface area contributed by atoms with Gasteiger partial charge < -0.3 is 4.90 Å². The average molecular weight is 574 g/mol. The number of allylic oxidation sites excluding steroid dienone is 1. The molecule has 2 aromatic rings. The number of hydrogen-bond donors (Lipinski definition) is 0. The van der Waals surface area contributed by atoms with Crippen LogP contribution in [0.1, 0.15) is 71.4 Å². The highest BCUT2D eigenvalue weighted by atomic mass is 15.2. The van der Waals surface area contributed by atoms with Crippen LogP contribution in [0.3, 0.4) is 0 Å². The lowest BCUT2D eigenvalue weighted by Crippen LogP contribution is -2.39. The predicted molar refractivity (Wildman–Crippen MR) is 186 cm³/mol. The van der Waals surface area contributed by atoms with Crippen LogP contribution in [0, 0.1) is 11.8 Å². The molecule has 2 heterocycles. The van der Waals surface area contributed by atoms with Crippen molar-refractivity contribution < 1.29 is 0 Å². The fourth-order valence-electron chi connectivity index (χ4n) is 5.41. The third kappa shape index (κ3) is 13.8. The largest absolute Gasteiger partial charge is 0.366 e. The summed E-state index contributed by atoms with van der Waals surface area (Å²) >= 11 is 0. The first-order valence-electron chi connectivity index (χ1n) is 16.1. The molecule has 0 aromatic heterocycles. The van der Waals surface area contributed by atoms with Gasteiger partial charge in [-0.3, -0.25) is 14.8 Å². The Balaban J connectivity index is 0.000000377. The van der Waals surface area contributed by atoms with Crippen molar-refractivity contribution in [3.8, 4) is 0 Å². The molecule has 0 spiro atoms. The zero-order chi connectivity index (χ0) is 31.2. The van der Waals surface area contributed by atoms with Crippen molar-refractivity contribution >= 4 is 12.1 Å². The molecule has 232 valence electrons. The van der Waals surface area contributed by atoms with Gasteiger partial charge in [-0.1, -0.05) is 102 Å². The normalized spacial score (nSPS) is 16.7. The molecular formula is C37H59N5. The van der Waals surface area contributed by atoms with Crippen molar-refractivity contribution in [2.45, 2.75) is 73.4 Å². The van der Waals surface area contributed by atoms with Gasteiger partial charge in [-0.25, -0.2) is 4.99 Å². The summed E-state index contributed by atoms with van der Waals surface area (Å²) < 4.78 is 0. The van der Waals surface area contributed by atoms with Gasteiger partial charge in [-0.2, -0.15) is 0 Å². The molecule has 0 N–H and O–H groups in total. The van der Waals surface area contributed by atoms with Gasteiger partial charge in [0.25, 0.3) is 0 Å². The fraction of sp³-hybridized carbons (Fsp3) is 0.514. The van der Waals surface area contributed by atoms with Crippen molar-refractivity contribution in [3.05, 3.63) is 96.8 Å². The molecule has 4 rings (SSSR count). The molecule has 2 aromatic carbocycles. The van der Waals surface area contributed by atoms with E-state index in [1.165, 1.54) is 42.6 Å². The third-order valence-electron chi connectivity index (χ3n) is 7.49. The summed E-state index contributed by atoms with van der Waals surface area (Å²) in [7, 11) is 4.14. The molecule has 0 saturated carbocycles. The van der Waals surface area contributed by atoms with E-state index < -0.39 is 0 Å². The molecule has 2 aliphatic heterocycles. The minimum absolute atomic E-state index is 0.565. The van der Waals surface area contributed by atoms with E-state index >= 15 is 0 Å². The molecule has 0 unspecified atom stereocenters. The highest BCUT2D eigenvalue weighted by molar-refractivity contribution is 5.84. The Bertz CT molecular complexity index is 1010. The van der Waals surface area contributed by atoms with E-state index in [1.54, 1.807) is 6.20 Å². The van der Waals surface area contributed by atoms with Crippen LogP contribution in [-0.4, -0.2) is 67.0 Å². The number of hydrogen-bond acceptors (Lipinski definition) is 4. The molecular weight excluding hydrogens is 514 g/mol. The van der Waals surface area contributed by atoms with E-state index in [9.17, 15) is 0 Å². The highest BCUT2D eigenvalue weighted by Gasteiger charge is 2.24. The van der Waals surface area contributed by atoms with Gasteiger partial charge in [0.2, 0.25) is 0 Å². The minimum atomic E-state index is 0.565. The molecule has 0 bridgehead atoms. The van der Waals surface area contributed by atoms with E-state index in [2.05, 4.69) is 113 Å². The molecule has 2 aliphatic rings. The Labute approximate surface area is 258 Å². The van der Waals surface area contributed by atoms with E-state index in [4.69, 9.17) is 0 Å². The minimum Gasteiger partial charge on any atom is -0.366 e. The summed E-state index contributed by atoms with van der Waals surface area (Å²) in [6.07, 6.45) is 8.23. The predicted octanol–water partition coefficient (Wildman–Crippen LogP) is 8.56. The lowest BCUT2D eigenvalue weighted by Gasteiger charge is -2.34. The van der Waals surface area contributed by atoms with Crippen molar-refractivity contribution in [2.75, 3.05) is 40.3 Å². The second-order valence-corrected chi connectivity index (χ2v) is 10.5. The first-order valence-corrected chi connectivity index (χ1v) is 16.1. The third-order valence-corrected chi connectivity index (χ3v) is 7.49. The van der Waals surface area contributed by atoms with Crippen LogP contribution >= 0.6 is 0 Å². The first kappa shape index (κ1) is 37.0. The molecule has 2 fully saturated rings. The molecule has 0 aliphatic carbocycles. The van der Waals surface area contributed by atoms with Crippen LogP contribution < -0.4 is 0 Å². The smallest absolute Gasteiger partial charge is 0.107 e. The van der Waals surface area contributed by atoms with E-state index in [0.717, 1.165) is 45.0 Å². The van der Waals surface area contributed by atoms with E-state index in [1.807, 2.05) is 40.8 Å². The number of amidine groups is 1. The summed E-state index contributed by atoms with van der Waals surface area (Å²) in [5.41, 5.74) is 3.86. The molecule has 42 heavy (non-hydrogen) atoms. The Morgan fingerprint density at radius 1 is 0.762 bits per heavy atom. The molecule has 5 nitrogen and oxygen atoms in total. The van der Waals surface area contributed by atoms with Gasteiger partial charge >= 0.3 is 0 Å². The number of benzene rings is 2. The Kier molecular flexibility index (Phi) is 19.9. The molecule has 2 saturated heterocycles. The summed E-state index contributed by atoms with van der Waals surface area (Å²) in [6, 6.07) is 21.4. The maximum absolute atomic E-state index is 4.44. The van der Waals surface area contributed by atoms with Gasteiger partial charge in [0.05, 0.1) is 0 Å². The lowest BCUT2D eigenvalue weighted by atomic mass is 9.94. The van der Waals surface area contributed by atoms with Gasteiger partial charge in [0, 0.05) is 57.1 Å².